The molecule has 0 aliphatic rings. The van der Waals surface area contributed by atoms with Crippen LogP contribution in [-0.2, 0) is 29.2 Å². The summed E-state index contributed by atoms with van der Waals surface area (Å²) in [6, 6.07) is 9.06. The van der Waals surface area contributed by atoms with Crippen molar-refractivity contribution in [3.8, 4) is 0 Å². The number of amides is 1. The van der Waals surface area contributed by atoms with Crippen molar-refractivity contribution in [2.24, 2.45) is 5.73 Å². The van der Waals surface area contributed by atoms with Crippen molar-refractivity contribution in [1.82, 2.24) is 5.32 Å². The first-order valence-corrected chi connectivity index (χ1v) is 15.1. The lowest BCUT2D eigenvalue weighted by molar-refractivity contribution is -0.121. The Kier molecular flexibility index (Phi) is 10.7. The number of rotatable bonds is 12. The quantitative estimate of drug-likeness (QED) is 0.265. The summed E-state index contributed by atoms with van der Waals surface area (Å²) in [6.45, 7) is -0.444. The fraction of sp³-hybridized carbons (Fsp3) is 0.409. The monoisotopic (exact) mass is 582 g/mol. The van der Waals surface area contributed by atoms with E-state index in [0.29, 0.717) is 11.1 Å². The van der Waals surface area contributed by atoms with Crippen molar-refractivity contribution in [1.29, 1.82) is 0 Å². The lowest BCUT2D eigenvalue weighted by atomic mass is 10.0. The summed E-state index contributed by atoms with van der Waals surface area (Å²) >= 11 is 11.2. The molecule has 2 aromatic rings. The predicted molar refractivity (Wildman–Crippen MR) is 135 cm³/mol. The van der Waals surface area contributed by atoms with Crippen LogP contribution < -0.4 is 11.1 Å². The average molecular weight is 584 g/mol. The molecule has 0 bridgehead atoms. The topological polar surface area (TPSA) is 173 Å². The van der Waals surface area contributed by atoms with Gasteiger partial charge in [0.1, 0.15) is 6.10 Å². The van der Waals surface area contributed by atoms with E-state index in [1.54, 1.807) is 0 Å². The molecule has 14 heteroatoms. The van der Waals surface area contributed by atoms with Crippen molar-refractivity contribution >= 4 is 48.8 Å². The number of benzene rings is 2. The SMILES string of the molecule is CS(=O)(=O)c1ccc(C(O)C(N)COCC(NC(=O)C(Cl)Cl)C(O)c2ccc(S(C)(=O)=O)cc2)cc1. The Hall–Kier alpha value is -1.77. The van der Waals surface area contributed by atoms with E-state index in [9.17, 15) is 31.8 Å². The van der Waals surface area contributed by atoms with Gasteiger partial charge in [-0.2, -0.15) is 0 Å². The average Bonchev–Trinajstić information content (AvgIpc) is 2.81. The molecule has 10 nitrogen and oxygen atoms in total. The zero-order valence-electron chi connectivity index (χ0n) is 19.4. The van der Waals surface area contributed by atoms with E-state index in [1.807, 2.05) is 0 Å². The van der Waals surface area contributed by atoms with Crippen LogP contribution in [0.4, 0.5) is 0 Å². The molecule has 1 amide bonds. The van der Waals surface area contributed by atoms with Crippen molar-refractivity contribution < 1.29 is 36.6 Å². The molecule has 2 rings (SSSR count). The van der Waals surface area contributed by atoms with Gasteiger partial charge in [-0.1, -0.05) is 47.5 Å². The molecule has 4 unspecified atom stereocenters. The van der Waals surface area contributed by atoms with Gasteiger partial charge in [0.05, 0.1) is 41.2 Å². The highest BCUT2D eigenvalue weighted by molar-refractivity contribution is 7.91. The normalized spacial score (nSPS) is 15.8. The minimum Gasteiger partial charge on any atom is -0.387 e. The lowest BCUT2D eigenvalue weighted by Gasteiger charge is -2.26. The summed E-state index contributed by atoms with van der Waals surface area (Å²) < 4.78 is 52.0. The third-order valence-corrected chi connectivity index (χ3v) is 7.87. The highest BCUT2D eigenvalue weighted by Crippen LogP contribution is 2.22. The van der Waals surface area contributed by atoms with E-state index in [2.05, 4.69) is 5.32 Å². The molecular weight excluding hydrogens is 555 g/mol. The number of ether oxygens (including phenoxy) is 1. The molecule has 0 saturated carbocycles. The second-order valence-corrected chi connectivity index (χ2v) is 13.3. The van der Waals surface area contributed by atoms with Gasteiger partial charge in [0.2, 0.25) is 0 Å². The Balaban J connectivity index is 2.08. The van der Waals surface area contributed by atoms with Gasteiger partial charge in [-0.05, 0) is 35.4 Å². The number of aliphatic hydroxyl groups is 2. The largest absolute Gasteiger partial charge is 0.387 e. The second kappa shape index (κ2) is 12.7. The first-order chi connectivity index (χ1) is 16.6. The second-order valence-electron chi connectivity index (χ2n) is 8.19. The molecule has 36 heavy (non-hydrogen) atoms. The number of nitrogens with one attached hydrogen (secondary N) is 1. The van der Waals surface area contributed by atoms with Gasteiger partial charge in [0, 0.05) is 12.5 Å². The van der Waals surface area contributed by atoms with Crippen LogP contribution in [0.2, 0.25) is 0 Å². The molecule has 0 saturated heterocycles. The van der Waals surface area contributed by atoms with E-state index in [4.69, 9.17) is 33.7 Å². The minimum atomic E-state index is -3.44. The van der Waals surface area contributed by atoms with Crippen molar-refractivity contribution in [2.45, 2.75) is 38.9 Å². The number of halogens is 2. The van der Waals surface area contributed by atoms with Gasteiger partial charge >= 0.3 is 0 Å². The predicted octanol–water partition coefficient (Wildman–Crippen LogP) is 0.893. The molecule has 0 aromatic heterocycles. The number of hydrogen-bond acceptors (Lipinski definition) is 9. The molecule has 0 spiro atoms. The number of carbonyl (C=O) groups is 1. The van der Waals surface area contributed by atoms with Crippen molar-refractivity contribution in [3.63, 3.8) is 0 Å². The summed E-state index contributed by atoms with van der Waals surface area (Å²) in [5.41, 5.74) is 6.69. The fourth-order valence-corrected chi connectivity index (χ4v) is 4.57. The lowest BCUT2D eigenvalue weighted by Crippen LogP contribution is -2.45. The first-order valence-electron chi connectivity index (χ1n) is 10.5. The third kappa shape index (κ3) is 8.67. The summed E-state index contributed by atoms with van der Waals surface area (Å²) in [7, 11) is -6.83. The standard InChI is InChI=1S/C22H28Cl2N2O8S2/c1-35(30,31)15-7-3-13(4-8-15)19(27)17(25)11-34-12-18(26-22(29)21(23)24)20(28)14-5-9-16(10-6-14)36(2,32)33/h3-10,17-21,27-28H,11-12,25H2,1-2H3,(H,26,29). The zero-order chi connectivity index (χ0) is 27.3. The molecule has 5 N–H and O–H groups in total. The maximum Gasteiger partial charge on any atom is 0.253 e. The van der Waals surface area contributed by atoms with Crippen molar-refractivity contribution in [3.05, 3.63) is 59.7 Å². The van der Waals surface area contributed by atoms with Crippen LogP contribution in [0.5, 0.6) is 0 Å². The fourth-order valence-electron chi connectivity index (χ4n) is 3.18. The smallest absolute Gasteiger partial charge is 0.253 e. The summed E-state index contributed by atoms with van der Waals surface area (Å²) in [5.74, 6) is -0.783. The number of aliphatic hydroxyl groups excluding tert-OH is 2. The minimum absolute atomic E-state index is 0.0568. The van der Waals surface area contributed by atoms with Gasteiger partial charge in [0.25, 0.3) is 5.91 Å². The van der Waals surface area contributed by atoms with Crippen LogP contribution in [0.25, 0.3) is 0 Å². The van der Waals surface area contributed by atoms with Crippen LogP contribution in [0.3, 0.4) is 0 Å². The van der Waals surface area contributed by atoms with Crippen molar-refractivity contribution in [2.75, 3.05) is 25.7 Å². The summed E-state index contributed by atoms with van der Waals surface area (Å²) in [5, 5.41) is 23.7. The third-order valence-electron chi connectivity index (χ3n) is 5.22. The van der Waals surface area contributed by atoms with E-state index in [-0.39, 0.29) is 23.0 Å². The molecule has 0 aliphatic carbocycles. The van der Waals surface area contributed by atoms with Crippen LogP contribution in [0, 0.1) is 0 Å². The van der Waals surface area contributed by atoms with E-state index >= 15 is 0 Å². The first kappa shape index (κ1) is 30.5. The molecule has 0 heterocycles. The Morgan fingerprint density at radius 1 is 0.861 bits per heavy atom. The van der Waals surface area contributed by atoms with Crippen LogP contribution in [0.15, 0.2) is 58.3 Å². The maximum atomic E-state index is 12.0. The summed E-state index contributed by atoms with van der Waals surface area (Å²) in [6.07, 6.45) is -0.388. The number of hydrogen-bond donors (Lipinski definition) is 4. The van der Waals surface area contributed by atoms with E-state index < -0.39 is 54.7 Å². The number of alkyl halides is 2. The number of nitrogens with two attached hydrogens (primary N) is 1. The van der Waals surface area contributed by atoms with Gasteiger partial charge in [0.15, 0.2) is 24.5 Å². The zero-order valence-corrected chi connectivity index (χ0v) is 22.6. The summed E-state index contributed by atoms with van der Waals surface area (Å²) in [4.78, 5) is 10.8. The van der Waals surface area contributed by atoms with Crippen LogP contribution in [0.1, 0.15) is 23.3 Å². The van der Waals surface area contributed by atoms with Crippen LogP contribution in [-0.4, -0.2) is 75.6 Å². The Labute approximate surface area is 220 Å². The highest BCUT2D eigenvalue weighted by Gasteiger charge is 2.27. The molecule has 2 aromatic carbocycles. The maximum absolute atomic E-state index is 12.0. The van der Waals surface area contributed by atoms with Crippen LogP contribution >= 0.6 is 23.2 Å². The van der Waals surface area contributed by atoms with Gasteiger partial charge in [-0.25, -0.2) is 16.8 Å². The molecule has 0 radical (unpaired) electrons. The molecule has 0 fully saturated rings. The Bertz CT molecular complexity index is 1240. The highest BCUT2D eigenvalue weighted by atomic mass is 35.5. The Morgan fingerprint density at radius 2 is 1.28 bits per heavy atom. The Morgan fingerprint density at radius 3 is 1.67 bits per heavy atom. The van der Waals surface area contributed by atoms with Gasteiger partial charge in [-0.15, -0.1) is 0 Å². The van der Waals surface area contributed by atoms with E-state index in [0.717, 1.165) is 12.5 Å². The van der Waals surface area contributed by atoms with E-state index in [1.165, 1.54) is 48.5 Å². The molecule has 0 aliphatic heterocycles. The van der Waals surface area contributed by atoms with Gasteiger partial charge in [-0.3, -0.25) is 4.79 Å². The molecular formula is C22H28Cl2N2O8S2. The molecule has 200 valence electrons. The van der Waals surface area contributed by atoms with Gasteiger partial charge < -0.3 is 26.0 Å². The number of sulfone groups is 2. The number of carbonyl (C=O) groups excluding carboxylic acids is 1. The molecule has 4 atom stereocenters.